The maximum absolute atomic E-state index is 13.5. The zero-order valence-electron chi connectivity index (χ0n) is 20.6. The summed E-state index contributed by atoms with van der Waals surface area (Å²) >= 11 is 12.1. The predicted octanol–water partition coefficient (Wildman–Crippen LogP) is 5.11. The van der Waals surface area contributed by atoms with Crippen molar-refractivity contribution < 1.29 is 31.2 Å². The van der Waals surface area contributed by atoms with Gasteiger partial charge in [0.1, 0.15) is 12.6 Å². The second kappa shape index (κ2) is 12.4. The molecule has 2 aromatic rings. The molecular formula is C24H28Cl2F3N3O4S. The van der Waals surface area contributed by atoms with Crippen LogP contribution in [0.2, 0.25) is 10.0 Å². The molecule has 1 N–H and O–H groups in total. The van der Waals surface area contributed by atoms with Crippen LogP contribution < -0.4 is 9.62 Å². The monoisotopic (exact) mass is 581 g/mol. The minimum absolute atomic E-state index is 0.109. The Morgan fingerprint density at radius 1 is 1.08 bits per heavy atom. The lowest BCUT2D eigenvalue weighted by atomic mass is 10.1. The van der Waals surface area contributed by atoms with E-state index in [1.807, 2.05) is 6.92 Å². The van der Waals surface area contributed by atoms with Crippen molar-refractivity contribution in [2.75, 3.05) is 17.1 Å². The van der Waals surface area contributed by atoms with Crippen LogP contribution in [0.5, 0.6) is 0 Å². The van der Waals surface area contributed by atoms with Crippen LogP contribution in [-0.2, 0) is 32.3 Å². The third-order valence-electron chi connectivity index (χ3n) is 5.63. The number of hydrogen-bond donors (Lipinski definition) is 1. The van der Waals surface area contributed by atoms with Gasteiger partial charge in [-0.25, -0.2) is 8.42 Å². The summed E-state index contributed by atoms with van der Waals surface area (Å²) in [5.74, 6) is -1.31. The van der Waals surface area contributed by atoms with Crippen molar-refractivity contribution in [1.82, 2.24) is 10.2 Å². The number of nitrogens with one attached hydrogen (secondary N) is 1. The molecule has 0 heterocycles. The predicted molar refractivity (Wildman–Crippen MR) is 138 cm³/mol. The molecule has 13 heteroatoms. The van der Waals surface area contributed by atoms with Crippen molar-refractivity contribution >= 4 is 50.7 Å². The van der Waals surface area contributed by atoms with Crippen LogP contribution in [0, 0.1) is 0 Å². The first-order chi connectivity index (χ1) is 17.0. The van der Waals surface area contributed by atoms with Gasteiger partial charge in [0.25, 0.3) is 0 Å². The highest BCUT2D eigenvalue weighted by Gasteiger charge is 2.34. The molecule has 0 fully saturated rings. The molecule has 7 nitrogen and oxygen atoms in total. The van der Waals surface area contributed by atoms with Crippen molar-refractivity contribution in [3.8, 4) is 0 Å². The summed E-state index contributed by atoms with van der Waals surface area (Å²) in [6.07, 6.45) is -3.39. The van der Waals surface area contributed by atoms with Gasteiger partial charge in [-0.05, 0) is 56.2 Å². The van der Waals surface area contributed by atoms with E-state index in [0.29, 0.717) is 33.4 Å². The molecule has 0 aliphatic heterocycles. The zero-order chi connectivity index (χ0) is 28.1. The Balaban J connectivity index is 2.50. The molecule has 2 rings (SSSR count). The lowest BCUT2D eigenvalue weighted by molar-refractivity contribution is -0.139. The normalized spacial score (nSPS) is 13.5. The second-order valence-electron chi connectivity index (χ2n) is 8.58. The molecule has 0 aliphatic rings. The van der Waals surface area contributed by atoms with Gasteiger partial charge in [0.15, 0.2) is 0 Å². The minimum Gasteiger partial charge on any atom is -0.352 e. The Hall–Kier alpha value is -2.50. The first kappa shape index (κ1) is 30.7. The minimum atomic E-state index is -4.77. The Morgan fingerprint density at radius 2 is 1.73 bits per heavy atom. The Morgan fingerprint density at radius 3 is 2.27 bits per heavy atom. The number of nitrogens with zero attached hydrogens (tertiary/aromatic N) is 2. The molecule has 0 radical (unpaired) electrons. The number of amides is 2. The highest BCUT2D eigenvalue weighted by atomic mass is 35.5. The average Bonchev–Trinajstić information content (AvgIpc) is 2.79. The lowest BCUT2D eigenvalue weighted by Crippen LogP contribution is -2.52. The Bertz CT molecular complexity index is 1240. The topological polar surface area (TPSA) is 86.8 Å². The number of carbonyl (C=O) groups is 2. The standard InChI is InChI=1S/C24H28Cl2F3N3O4S/c1-5-15(2)30-23(34)16(3)31(13-17-7-6-8-19(25)11-17)22(33)14-32(37(4,35)36)21-12-18(24(27,28)29)9-10-20(21)26/h6-12,15-16H,5,13-14H2,1-4H3,(H,30,34)/t15-,16-/m1/s1. The van der Waals surface area contributed by atoms with Crippen LogP contribution in [0.15, 0.2) is 42.5 Å². The van der Waals surface area contributed by atoms with E-state index in [9.17, 15) is 31.2 Å². The van der Waals surface area contributed by atoms with Crippen molar-refractivity contribution in [2.24, 2.45) is 0 Å². The van der Waals surface area contributed by atoms with Crippen LogP contribution in [0.25, 0.3) is 0 Å². The molecule has 0 aliphatic carbocycles. The quantitative estimate of drug-likeness (QED) is 0.422. The van der Waals surface area contributed by atoms with Gasteiger partial charge >= 0.3 is 6.18 Å². The number of carbonyl (C=O) groups excluding carboxylic acids is 2. The van der Waals surface area contributed by atoms with E-state index in [2.05, 4.69) is 5.32 Å². The first-order valence-corrected chi connectivity index (χ1v) is 13.8. The summed E-state index contributed by atoms with van der Waals surface area (Å²) < 4.78 is 65.7. The largest absolute Gasteiger partial charge is 0.416 e. The molecule has 0 spiro atoms. The van der Waals surface area contributed by atoms with Crippen molar-refractivity contribution in [1.29, 1.82) is 0 Å². The van der Waals surface area contributed by atoms with Gasteiger partial charge in [-0.2, -0.15) is 13.2 Å². The van der Waals surface area contributed by atoms with Crippen LogP contribution in [0.1, 0.15) is 38.3 Å². The third kappa shape index (κ3) is 8.51. The number of sulfonamides is 1. The first-order valence-electron chi connectivity index (χ1n) is 11.2. The van der Waals surface area contributed by atoms with E-state index in [1.54, 1.807) is 31.2 Å². The summed E-state index contributed by atoms with van der Waals surface area (Å²) in [5, 5.41) is 2.86. The van der Waals surface area contributed by atoms with Gasteiger partial charge in [-0.15, -0.1) is 0 Å². The van der Waals surface area contributed by atoms with E-state index in [1.165, 1.54) is 6.92 Å². The van der Waals surface area contributed by atoms with Gasteiger partial charge in [-0.3, -0.25) is 13.9 Å². The van der Waals surface area contributed by atoms with Gasteiger partial charge < -0.3 is 10.2 Å². The van der Waals surface area contributed by atoms with Crippen LogP contribution in [0.3, 0.4) is 0 Å². The smallest absolute Gasteiger partial charge is 0.352 e. The summed E-state index contributed by atoms with van der Waals surface area (Å²) in [6, 6.07) is 7.48. The van der Waals surface area contributed by atoms with E-state index in [4.69, 9.17) is 23.2 Å². The molecule has 2 aromatic carbocycles. The summed E-state index contributed by atoms with van der Waals surface area (Å²) in [5.41, 5.74) is -1.08. The van der Waals surface area contributed by atoms with Gasteiger partial charge in [0, 0.05) is 17.6 Å². The number of anilines is 1. The molecular weight excluding hydrogens is 554 g/mol. The number of alkyl halides is 3. The average molecular weight is 582 g/mol. The van der Waals surface area contributed by atoms with Gasteiger partial charge in [-0.1, -0.05) is 42.3 Å². The van der Waals surface area contributed by atoms with Crippen LogP contribution in [0.4, 0.5) is 18.9 Å². The molecule has 2 amide bonds. The zero-order valence-corrected chi connectivity index (χ0v) is 23.0. The second-order valence-corrected chi connectivity index (χ2v) is 11.3. The molecule has 0 unspecified atom stereocenters. The SMILES string of the molecule is CC[C@@H](C)NC(=O)[C@@H](C)N(Cc1cccc(Cl)c1)C(=O)CN(c1cc(C(F)(F)F)ccc1Cl)S(C)(=O)=O. The maximum atomic E-state index is 13.5. The molecule has 0 bridgehead atoms. The third-order valence-corrected chi connectivity index (χ3v) is 7.31. The Kier molecular flexibility index (Phi) is 10.3. The van der Waals surface area contributed by atoms with Gasteiger partial charge in [0.2, 0.25) is 21.8 Å². The van der Waals surface area contributed by atoms with Crippen molar-refractivity contribution in [3.05, 3.63) is 63.6 Å². The van der Waals surface area contributed by atoms with Crippen molar-refractivity contribution in [3.63, 3.8) is 0 Å². The summed E-state index contributed by atoms with van der Waals surface area (Å²) in [7, 11) is -4.27. The van der Waals surface area contributed by atoms with Crippen LogP contribution >= 0.6 is 23.2 Å². The molecule has 0 aromatic heterocycles. The van der Waals surface area contributed by atoms with Crippen LogP contribution in [-0.4, -0.2) is 50.0 Å². The number of rotatable bonds is 10. The molecule has 37 heavy (non-hydrogen) atoms. The maximum Gasteiger partial charge on any atom is 0.416 e. The molecule has 0 saturated heterocycles. The number of hydrogen-bond acceptors (Lipinski definition) is 4. The molecule has 0 saturated carbocycles. The van der Waals surface area contributed by atoms with E-state index in [0.717, 1.165) is 17.2 Å². The highest BCUT2D eigenvalue weighted by Crippen LogP contribution is 2.36. The van der Waals surface area contributed by atoms with Gasteiger partial charge in [0.05, 0.1) is 22.5 Å². The van der Waals surface area contributed by atoms with E-state index >= 15 is 0 Å². The summed E-state index contributed by atoms with van der Waals surface area (Å²) in [4.78, 5) is 27.5. The molecule has 2 atom stereocenters. The summed E-state index contributed by atoms with van der Waals surface area (Å²) in [6.45, 7) is 4.13. The van der Waals surface area contributed by atoms with Crippen molar-refractivity contribution in [2.45, 2.75) is 52.0 Å². The highest BCUT2D eigenvalue weighted by molar-refractivity contribution is 7.92. The fraction of sp³-hybridized carbons (Fsp3) is 0.417. The lowest BCUT2D eigenvalue weighted by Gasteiger charge is -2.32. The van der Waals surface area contributed by atoms with E-state index in [-0.39, 0.29) is 17.6 Å². The number of halogens is 5. The number of benzene rings is 2. The van der Waals surface area contributed by atoms with E-state index < -0.39 is 51.9 Å². The fourth-order valence-corrected chi connectivity index (χ4v) is 4.69. The Labute approximate surface area is 224 Å². The fourth-order valence-electron chi connectivity index (χ4n) is 3.36. The molecule has 204 valence electrons.